The zero-order valence-corrected chi connectivity index (χ0v) is 13.0. The molecule has 24 heavy (non-hydrogen) atoms. The first-order valence-corrected chi connectivity index (χ1v) is 7.37. The minimum Gasteiger partial charge on any atom is -0.321 e. The van der Waals surface area contributed by atoms with E-state index in [1.54, 1.807) is 18.3 Å². The maximum Gasteiger partial charge on any atom is 0.266 e. The van der Waals surface area contributed by atoms with Crippen LogP contribution in [0.5, 0.6) is 0 Å². The first-order valence-electron chi connectivity index (χ1n) is 7.37. The van der Waals surface area contributed by atoms with E-state index in [0.717, 1.165) is 11.1 Å². The third-order valence-corrected chi connectivity index (χ3v) is 3.43. The number of hydrogen-bond acceptors (Lipinski definition) is 4. The molecule has 0 unspecified atom stereocenters. The van der Waals surface area contributed by atoms with E-state index in [-0.39, 0.29) is 5.57 Å². The molecule has 0 aliphatic rings. The number of nitrogens with one attached hydrogen (secondary N) is 1. The molecule has 0 atom stereocenters. The Morgan fingerprint density at radius 2 is 1.83 bits per heavy atom. The molecule has 0 radical (unpaired) electrons. The summed E-state index contributed by atoms with van der Waals surface area (Å²) in [4.78, 5) is 20.9. The fourth-order valence-electron chi connectivity index (χ4n) is 2.17. The second-order valence-corrected chi connectivity index (χ2v) is 5.27. The van der Waals surface area contributed by atoms with Gasteiger partial charge in [0.15, 0.2) is 0 Å². The van der Waals surface area contributed by atoms with Crippen LogP contribution in [-0.2, 0) is 4.79 Å². The van der Waals surface area contributed by atoms with Gasteiger partial charge in [-0.15, -0.1) is 0 Å². The fourth-order valence-corrected chi connectivity index (χ4v) is 2.17. The molecule has 5 nitrogen and oxygen atoms in total. The summed E-state index contributed by atoms with van der Waals surface area (Å²) >= 11 is 0. The lowest BCUT2D eigenvalue weighted by molar-refractivity contribution is -0.112. The van der Waals surface area contributed by atoms with Gasteiger partial charge >= 0.3 is 0 Å². The van der Waals surface area contributed by atoms with Crippen LogP contribution in [0.4, 0.5) is 5.69 Å². The maximum atomic E-state index is 12.2. The third kappa shape index (κ3) is 3.45. The molecule has 0 fully saturated rings. The zero-order chi connectivity index (χ0) is 16.9. The number of aromatic nitrogens is 2. The molecule has 2 aromatic carbocycles. The normalized spacial score (nSPS) is 11.1. The second-order valence-electron chi connectivity index (χ2n) is 5.27. The number of aryl methyl sites for hydroxylation is 1. The summed E-state index contributed by atoms with van der Waals surface area (Å²) in [6, 6.07) is 16.7. The van der Waals surface area contributed by atoms with E-state index in [4.69, 9.17) is 0 Å². The van der Waals surface area contributed by atoms with E-state index in [9.17, 15) is 10.1 Å². The molecule has 1 aromatic heterocycles. The van der Waals surface area contributed by atoms with Crippen LogP contribution >= 0.6 is 0 Å². The highest BCUT2D eigenvalue weighted by atomic mass is 16.1. The number of nitriles is 1. The van der Waals surface area contributed by atoms with Gasteiger partial charge in [-0.25, -0.2) is 4.98 Å². The summed E-state index contributed by atoms with van der Waals surface area (Å²) < 4.78 is 0. The number of carbonyl (C=O) groups excluding carboxylic acids is 1. The Morgan fingerprint density at radius 3 is 2.54 bits per heavy atom. The van der Waals surface area contributed by atoms with Gasteiger partial charge < -0.3 is 5.32 Å². The number of amides is 1. The fraction of sp³-hybridized carbons (Fsp3) is 0.0526. The van der Waals surface area contributed by atoms with Crippen molar-refractivity contribution in [1.29, 1.82) is 5.26 Å². The molecule has 116 valence electrons. The summed E-state index contributed by atoms with van der Waals surface area (Å²) in [5.41, 5.74) is 3.64. The molecular weight excluding hydrogens is 300 g/mol. The zero-order valence-electron chi connectivity index (χ0n) is 13.0. The highest BCUT2D eigenvalue weighted by molar-refractivity contribution is 6.09. The van der Waals surface area contributed by atoms with Gasteiger partial charge in [0.1, 0.15) is 11.6 Å². The van der Waals surface area contributed by atoms with Crippen molar-refractivity contribution in [3.8, 4) is 6.07 Å². The van der Waals surface area contributed by atoms with Crippen molar-refractivity contribution in [2.45, 2.75) is 6.92 Å². The molecule has 0 saturated heterocycles. The lowest BCUT2D eigenvalue weighted by Gasteiger charge is -2.04. The van der Waals surface area contributed by atoms with Crippen LogP contribution in [0, 0.1) is 18.3 Å². The van der Waals surface area contributed by atoms with Crippen molar-refractivity contribution >= 4 is 28.7 Å². The molecule has 1 N–H and O–H groups in total. The number of anilines is 1. The summed E-state index contributed by atoms with van der Waals surface area (Å²) in [6.45, 7) is 1.96. The predicted octanol–water partition coefficient (Wildman–Crippen LogP) is 3.48. The van der Waals surface area contributed by atoms with Crippen LogP contribution in [0.1, 0.15) is 11.3 Å². The number of fused-ring (bicyclic) bond motifs is 1. The third-order valence-electron chi connectivity index (χ3n) is 3.43. The number of rotatable bonds is 3. The Morgan fingerprint density at radius 1 is 1.12 bits per heavy atom. The predicted molar refractivity (Wildman–Crippen MR) is 92.9 cm³/mol. The van der Waals surface area contributed by atoms with Gasteiger partial charge in [-0.1, -0.05) is 29.8 Å². The molecule has 3 aromatic rings. The quantitative estimate of drug-likeness (QED) is 0.593. The standard InChI is InChI=1S/C19H14N4O/c1-13-6-8-15(9-7-13)23-19(24)14(11-20)10-16-12-21-17-4-2-3-5-18(17)22-16/h2-10,12H,1H3,(H,23,24)/b14-10+. The maximum absolute atomic E-state index is 12.2. The summed E-state index contributed by atoms with van der Waals surface area (Å²) in [5, 5.41) is 12.0. The van der Waals surface area contributed by atoms with Crippen molar-refractivity contribution in [2.24, 2.45) is 0 Å². The van der Waals surface area contributed by atoms with Crippen LogP contribution in [0.25, 0.3) is 17.1 Å². The van der Waals surface area contributed by atoms with E-state index < -0.39 is 5.91 Å². The van der Waals surface area contributed by atoms with Gasteiger partial charge in [-0.05, 0) is 37.3 Å². The molecule has 0 bridgehead atoms. The van der Waals surface area contributed by atoms with Crippen LogP contribution in [0.15, 0.2) is 60.3 Å². The van der Waals surface area contributed by atoms with Crippen LogP contribution in [0.2, 0.25) is 0 Å². The average Bonchev–Trinajstić information content (AvgIpc) is 2.61. The van der Waals surface area contributed by atoms with Gasteiger partial charge in [0, 0.05) is 5.69 Å². The molecule has 3 rings (SSSR count). The average molecular weight is 314 g/mol. The first-order chi connectivity index (χ1) is 11.7. The minimum absolute atomic E-state index is 0.0276. The highest BCUT2D eigenvalue weighted by Gasteiger charge is 2.10. The van der Waals surface area contributed by atoms with Gasteiger partial charge in [0.2, 0.25) is 0 Å². The summed E-state index contributed by atoms with van der Waals surface area (Å²) in [7, 11) is 0. The molecule has 0 spiro atoms. The smallest absolute Gasteiger partial charge is 0.266 e. The van der Waals surface area contributed by atoms with E-state index in [1.165, 1.54) is 6.08 Å². The first kappa shape index (κ1) is 15.4. The van der Waals surface area contributed by atoms with Gasteiger partial charge in [0.05, 0.1) is 22.9 Å². The molecular formula is C19H14N4O. The number of nitrogens with zero attached hydrogens (tertiary/aromatic N) is 3. The number of hydrogen-bond donors (Lipinski definition) is 1. The van der Waals surface area contributed by atoms with E-state index in [1.807, 2.05) is 49.4 Å². The monoisotopic (exact) mass is 314 g/mol. The van der Waals surface area contributed by atoms with Crippen LogP contribution in [0.3, 0.4) is 0 Å². The Hall–Kier alpha value is -3.52. The van der Waals surface area contributed by atoms with Crippen molar-refractivity contribution < 1.29 is 4.79 Å². The largest absolute Gasteiger partial charge is 0.321 e. The van der Waals surface area contributed by atoms with Crippen molar-refractivity contribution in [3.63, 3.8) is 0 Å². The van der Waals surface area contributed by atoms with Gasteiger partial charge in [0.25, 0.3) is 5.91 Å². The van der Waals surface area contributed by atoms with Crippen molar-refractivity contribution in [1.82, 2.24) is 9.97 Å². The Bertz CT molecular complexity index is 969. The Kier molecular flexibility index (Phi) is 4.30. The van der Waals surface area contributed by atoms with Crippen LogP contribution in [-0.4, -0.2) is 15.9 Å². The van der Waals surface area contributed by atoms with E-state index in [0.29, 0.717) is 16.9 Å². The highest BCUT2D eigenvalue weighted by Crippen LogP contribution is 2.13. The topological polar surface area (TPSA) is 78.7 Å². The van der Waals surface area contributed by atoms with E-state index >= 15 is 0 Å². The Balaban J connectivity index is 1.86. The Labute approximate surface area is 139 Å². The lowest BCUT2D eigenvalue weighted by atomic mass is 10.2. The van der Waals surface area contributed by atoms with Crippen molar-refractivity contribution in [3.05, 3.63) is 71.6 Å². The summed E-state index contributed by atoms with van der Waals surface area (Å²) in [5.74, 6) is -0.476. The molecule has 0 aliphatic heterocycles. The van der Waals surface area contributed by atoms with Crippen molar-refractivity contribution in [2.75, 3.05) is 5.32 Å². The molecule has 0 saturated carbocycles. The van der Waals surface area contributed by atoms with Gasteiger partial charge in [-0.2, -0.15) is 5.26 Å². The second kappa shape index (κ2) is 6.71. The molecule has 1 amide bonds. The number of benzene rings is 2. The SMILES string of the molecule is Cc1ccc(NC(=O)/C(C#N)=C/c2cnc3ccccc3n2)cc1. The minimum atomic E-state index is -0.476. The van der Waals surface area contributed by atoms with E-state index in [2.05, 4.69) is 15.3 Å². The number of carbonyl (C=O) groups is 1. The molecule has 5 heteroatoms. The summed E-state index contributed by atoms with van der Waals surface area (Å²) in [6.07, 6.45) is 2.97. The number of para-hydroxylation sites is 2. The molecule has 0 aliphatic carbocycles. The van der Waals surface area contributed by atoms with Crippen LogP contribution < -0.4 is 5.32 Å². The molecule has 1 heterocycles. The lowest BCUT2D eigenvalue weighted by Crippen LogP contribution is -2.13. The van der Waals surface area contributed by atoms with Gasteiger partial charge in [-0.3, -0.25) is 9.78 Å².